The Morgan fingerprint density at radius 2 is 1.65 bits per heavy atom. The fourth-order valence-electron chi connectivity index (χ4n) is 2.63. The highest BCUT2D eigenvalue weighted by Crippen LogP contribution is 2.18. The number of aryl methyl sites for hydroxylation is 2. The van der Waals surface area contributed by atoms with Gasteiger partial charge in [0.25, 0.3) is 5.91 Å². The summed E-state index contributed by atoms with van der Waals surface area (Å²) in [5.74, 6) is -0.170. The zero-order valence-electron chi connectivity index (χ0n) is 15.0. The molecule has 0 fully saturated rings. The van der Waals surface area contributed by atoms with Crippen LogP contribution in [0.25, 0.3) is 0 Å². The second-order valence-electron chi connectivity index (χ2n) is 6.39. The van der Waals surface area contributed by atoms with Crippen LogP contribution in [-0.4, -0.2) is 5.91 Å². The van der Waals surface area contributed by atoms with E-state index in [1.807, 2.05) is 36.4 Å². The third kappa shape index (κ3) is 4.22. The highest BCUT2D eigenvalue weighted by atomic mass is 16.1. The highest BCUT2D eigenvalue weighted by Gasteiger charge is 2.07. The van der Waals surface area contributed by atoms with Gasteiger partial charge in [0, 0.05) is 17.8 Å². The summed E-state index contributed by atoms with van der Waals surface area (Å²) in [6, 6.07) is 21.1. The molecule has 0 saturated carbocycles. The van der Waals surface area contributed by atoms with Gasteiger partial charge in [0.05, 0.1) is 11.4 Å². The van der Waals surface area contributed by atoms with Crippen molar-refractivity contribution in [3.63, 3.8) is 0 Å². The predicted octanol–water partition coefficient (Wildman–Crippen LogP) is 4.75. The largest absolute Gasteiger partial charge is 0.397 e. The lowest BCUT2D eigenvalue weighted by molar-refractivity contribution is 0.102. The monoisotopic (exact) mass is 345 g/mol. The molecule has 26 heavy (non-hydrogen) atoms. The molecule has 3 aromatic rings. The van der Waals surface area contributed by atoms with Gasteiger partial charge in [-0.25, -0.2) is 0 Å². The standard InChI is InChI=1S/C22H23N3O/c1-15-7-12-19(13-16(15)2)24-14-17-8-10-18(11-9-17)22(26)25-21-6-4-3-5-20(21)23/h3-13,24H,14,23H2,1-2H3,(H,25,26). The molecule has 0 aromatic heterocycles. The summed E-state index contributed by atoms with van der Waals surface area (Å²) in [6.07, 6.45) is 0. The molecular formula is C22H23N3O. The summed E-state index contributed by atoms with van der Waals surface area (Å²) >= 11 is 0. The number of rotatable bonds is 5. The Morgan fingerprint density at radius 3 is 2.35 bits per heavy atom. The van der Waals surface area contributed by atoms with E-state index in [4.69, 9.17) is 5.73 Å². The SMILES string of the molecule is Cc1ccc(NCc2ccc(C(=O)Nc3ccccc3N)cc2)cc1C. The minimum atomic E-state index is -0.170. The third-order valence-corrected chi connectivity index (χ3v) is 4.43. The molecule has 3 aromatic carbocycles. The fraction of sp³-hybridized carbons (Fsp3) is 0.136. The van der Waals surface area contributed by atoms with Crippen molar-refractivity contribution < 1.29 is 4.79 Å². The van der Waals surface area contributed by atoms with E-state index in [0.29, 0.717) is 23.5 Å². The van der Waals surface area contributed by atoms with Crippen LogP contribution in [0.3, 0.4) is 0 Å². The molecule has 0 saturated heterocycles. The minimum absolute atomic E-state index is 0.170. The molecule has 0 aliphatic carbocycles. The van der Waals surface area contributed by atoms with Crippen LogP contribution in [0.1, 0.15) is 27.0 Å². The van der Waals surface area contributed by atoms with Gasteiger partial charge >= 0.3 is 0 Å². The van der Waals surface area contributed by atoms with Gasteiger partial charge in [-0.15, -0.1) is 0 Å². The Balaban J connectivity index is 1.61. The average molecular weight is 345 g/mol. The molecule has 0 atom stereocenters. The first-order valence-electron chi connectivity index (χ1n) is 8.59. The molecule has 4 N–H and O–H groups in total. The Hall–Kier alpha value is -3.27. The molecule has 4 nitrogen and oxygen atoms in total. The summed E-state index contributed by atoms with van der Waals surface area (Å²) in [7, 11) is 0. The molecule has 0 heterocycles. The Kier molecular flexibility index (Phi) is 5.23. The smallest absolute Gasteiger partial charge is 0.255 e. The number of carbonyl (C=O) groups excluding carboxylic acids is 1. The molecular weight excluding hydrogens is 322 g/mol. The first-order valence-corrected chi connectivity index (χ1v) is 8.59. The molecule has 3 rings (SSSR count). The lowest BCUT2D eigenvalue weighted by Crippen LogP contribution is -2.13. The number of nitrogens with two attached hydrogens (primary N) is 1. The van der Waals surface area contributed by atoms with Gasteiger partial charge in [-0.2, -0.15) is 0 Å². The van der Waals surface area contributed by atoms with Gasteiger partial charge in [0.15, 0.2) is 0 Å². The normalized spacial score (nSPS) is 10.4. The summed E-state index contributed by atoms with van der Waals surface area (Å²) in [5, 5.41) is 6.24. The molecule has 132 valence electrons. The number of hydrogen-bond donors (Lipinski definition) is 3. The topological polar surface area (TPSA) is 67.2 Å². The lowest BCUT2D eigenvalue weighted by atomic mass is 10.1. The molecule has 4 heteroatoms. The number of benzene rings is 3. The molecule has 0 bridgehead atoms. The van der Waals surface area contributed by atoms with E-state index < -0.39 is 0 Å². The van der Waals surface area contributed by atoms with Crippen LogP contribution in [0.15, 0.2) is 66.7 Å². The van der Waals surface area contributed by atoms with E-state index >= 15 is 0 Å². The first kappa shape index (κ1) is 17.5. The summed E-state index contributed by atoms with van der Waals surface area (Å²) < 4.78 is 0. The van der Waals surface area contributed by atoms with Gasteiger partial charge < -0.3 is 16.4 Å². The minimum Gasteiger partial charge on any atom is -0.397 e. The second-order valence-corrected chi connectivity index (χ2v) is 6.39. The number of hydrogen-bond acceptors (Lipinski definition) is 3. The Labute approximate surface area is 154 Å². The number of para-hydroxylation sites is 2. The maximum absolute atomic E-state index is 12.3. The molecule has 0 aliphatic heterocycles. The van der Waals surface area contributed by atoms with Crippen LogP contribution in [0.5, 0.6) is 0 Å². The second kappa shape index (κ2) is 7.74. The number of nitrogens with one attached hydrogen (secondary N) is 2. The van der Waals surface area contributed by atoms with Gasteiger partial charge in [0.2, 0.25) is 0 Å². The number of carbonyl (C=O) groups is 1. The van der Waals surface area contributed by atoms with Gasteiger partial charge in [-0.1, -0.05) is 30.3 Å². The van der Waals surface area contributed by atoms with Gasteiger partial charge in [0.1, 0.15) is 0 Å². The van der Waals surface area contributed by atoms with Gasteiger partial charge in [-0.05, 0) is 66.9 Å². The first-order chi connectivity index (χ1) is 12.5. The molecule has 0 unspecified atom stereocenters. The van der Waals surface area contributed by atoms with Crippen LogP contribution in [0.2, 0.25) is 0 Å². The zero-order chi connectivity index (χ0) is 18.5. The Morgan fingerprint density at radius 1 is 0.923 bits per heavy atom. The summed E-state index contributed by atoms with van der Waals surface area (Å²) in [6.45, 7) is 4.91. The van der Waals surface area contributed by atoms with Crippen LogP contribution >= 0.6 is 0 Å². The van der Waals surface area contributed by atoms with Crippen molar-refractivity contribution in [2.45, 2.75) is 20.4 Å². The zero-order valence-corrected chi connectivity index (χ0v) is 15.0. The van der Waals surface area contributed by atoms with E-state index in [9.17, 15) is 4.79 Å². The Bertz CT molecular complexity index is 917. The van der Waals surface area contributed by atoms with Gasteiger partial charge in [-0.3, -0.25) is 4.79 Å². The van der Waals surface area contributed by atoms with Crippen molar-refractivity contribution in [1.82, 2.24) is 0 Å². The van der Waals surface area contributed by atoms with Crippen LogP contribution in [0, 0.1) is 13.8 Å². The third-order valence-electron chi connectivity index (χ3n) is 4.43. The van der Waals surface area contributed by atoms with Crippen molar-refractivity contribution in [1.29, 1.82) is 0 Å². The van der Waals surface area contributed by atoms with Crippen molar-refractivity contribution in [2.75, 3.05) is 16.4 Å². The van der Waals surface area contributed by atoms with Crippen molar-refractivity contribution in [2.24, 2.45) is 0 Å². The number of amides is 1. The van der Waals surface area contributed by atoms with Crippen molar-refractivity contribution in [3.05, 3.63) is 89.0 Å². The summed E-state index contributed by atoms with van der Waals surface area (Å²) in [5.41, 5.74) is 12.4. The summed E-state index contributed by atoms with van der Waals surface area (Å²) in [4.78, 5) is 12.3. The maximum Gasteiger partial charge on any atom is 0.255 e. The van der Waals surface area contributed by atoms with Crippen molar-refractivity contribution >= 4 is 23.0 Å². The average Bonchev–Trinajstić information content (AvgIpc) is 2.65. The predicted molar refractivity (Wildman–Crippen MR) is 108 cm³/mol. The molecule has 0 spiro atoms. The number of anilines is 3. The van der Waals surface area contributed by atoms with E-state index in [1.165, 1.54) is 11.1 Å². The lowest BCUT2D eigenvalue weighted by Gasteiger charge is -2.10. The van der Waals surface area contributed by atoms with E-state index in [2.05, 4.69) is 42.7 Å². The molecule has 1 amide bonds. The highest BCUT2D eigenvalue weighted by molar-refractivity contribution is 6.05. The van der Waals surface area contributed by atoms with Crippen LogP contribution in [0.4, 0.5) is 17.1 Å². The van der Waals surface area contributed by atoms with Crippen LogP contribution in [-0.2, 0) is 6.54 Å². The van der Waals surface area contributed by atoms with E-state index in [1.54, 1.807) is 12.1 Å². The molecule has 0 aliphatic rings. The quantitative estimate of drug-likeness (QED) is 0.585. The number of nitrogen functional groups attached to an aromatic ring is 1. The maximum atomic E-state index is 12.3. The van der Waals surface area contributed by atoms with E-state index in [-0.39, 0.29) is 5.91 Å². The van der Waals surface area contributed by atoms with Crippen molar-refractivity contribution in [3.8, 4) is 0 Å². The van der Waals surface area contributed by atoms with Crippen LogP contribution < -0.4 is 16.4 Å². The fourth-order valence-corrected chi connectivity index (χ4v) is 2.63. The van der Waals surface area contributed by atoms with E-state index in [0.717, 1.165) is 11.3 Å². The molecule has 0 radical (unpaired) electrons.